The molecule has 0 spiro atoms. The van der Waals surface area contributed by atoms with Crippen molar-refractivity contribution in [3.8, 4) is 0 Å². The van der Waals surface area contributed by atoms with Gasteiger partial charge in [0.15, 0.2) is 4.77 Å². The monoisotopic (exact) mass is 241 g/mol. The molecule has 2 rings (SSSR count). The molecule has 1 fully saturated rings. The first kappa shape index (κ1) is 11.8. The van der Waals surface area contributed by atoms with E-state index in [4.69, 9.17) is 17.0 Å². The summed E-state index contributed by atoms with van der Waals surface area (Å²) in [6, 6.07) is 0. The number of aryl methyl sites for hydroxylation is 1. The molecule has 0 aromatic carbocycles. The molecule has 4 nitrogen and oxygen atoms in total. The highest BCUT2D eigenvalue weighted by molar-refractivity contribution is 7.71. The maximum Gasteiger partial charge on any atom is 0.195 e. The van der Waals surface area contributed by atoms with Crippen molar-refractivity contribution < 1.29 is 4.74 Å². The lowest BCUT2D eigenvalue weighted by atomic mass is 10.1. The summed E-state index contributed by atoms with van der Waals surface area (Å²) in [4.78, 5) is 0. The Bertz CT molecular complexity index is 379. The summed E-state index contributed by atoms with van der Waals surface area (Å²) < 4.78 is 8.54. The molecular formula is C11H19N3OS. The van der Waals surface area contributed by atoms with Crippen molar-refractivity contribution in [2.75, 3.05) is 6.61 Å². The minimum atomic E-state index is 0.314. The van der Waals surface area contributed by atoms with Crippen molar-refractivity contribution >= 4 is 12.2 Å². The summed E-state index contributed by atoms with van der Waals surface area (Å²) in [6.07, 6.45) is 5.96. The van der Waals surface area contributed by atoms with Gasteiger partial charge in [0.05, 0.1) is 12.6 Å². The van der Waals surface area contributed by atoms with Crippen molar-refractivity contribution in [2.24, 2.45) is 0 Å². The normalized spacial score (nSPS) is 21.2. The average molecular weight is 241 g/mol. The number of aromatic nitrogens is 3. The quantitative estimate of drug-likeness (QED) is 0.823. The highest BCUT2D eigenvalue weighted by Gasteiger charge is 2.16. The summed E-state index contributed by atoms with van der Waals surface area (Å²) in [5, 5.41) is 7.13. The number of H-pyrrole nitrogens is 1. The molecule has 1 aromatic heterocycles. The van der Waals surface area contributed by atoms with Crippen molar-refractivity contribution in [2.45, 2.75) is 51.7 Å². The predicted octanol–water partition coefficient (Wildman–Crippen LogP) is 2.46. The van der Waals surface area contributed by atoms with Gasteiger partial charge >= 0.3 is 0 Å². The van der Waals surface area contributed by atoms with E-state index in [9.17, 15) is 0 Å². The molecule has 0 saturated carbocycles. The van der Waals surface area contributed by atoms with Gasteiger partial charge in [-0.25, -0.2) is 0 Å². The Hall–Kier alpha value is -0.680. The van der Waals surface area contributed by atoms with Crippen LogP contribution >= 0.6 is 12.2 Å². The van der Waals surface area contributed by atoms with Gasteiger partial charge in [-0.15, -0.1) is 0 Å². The summed E-state index contributed by atoms with van der Waals surface area (Å²) in [5.74, 6) is 1.06. The molecule has 0 amide bonds. The van der Waals surface area contributed by atoms with E-state index in [-0.39, 0.29) is 0 Å². The van der Waals surface area contributed by atoms with Crippen molar-refractivity contribution in [3.05, 3.63) is 10.6 Å². The van der Waals surface area contributed by atoms with Crippen LogP contribution in [0.1, 0.15) is 38.4 Å². The molecule has 16 heavy (non-hydrogen) atoms. The standard InChI is InChI=1S/C11H19N3OS/c1-2-5-10-12-13-11(16)14(10)8-9-6-3-4-7-15-9/h9H,2-8H2,1H3,(H,13,16). The first-order chi connectivity index (χ1) is 7.81. The molecule has 0 aliphatic carbocycles. The van der Waals surface area contributed by atoms with Crippen LogP contribution in [0, 0.1) is 4.77 Å². The number of aromatic amines is 1. The molecule has 0 bridgehead atoms. The van der Waals surface area contributed by atoms with Crippen LogP contribution in [-0.2, 0) is 17.7 Å². The largest absolute Gasteiger partial charge is 0.376 e. The lowest BCUT2D eigenvalue weighted by Gasteiger charge is -2.23. The maximum atomic E-state index is 5.73. The van der Waals surface area contributed by atoms with Crippen molar-refractivity contribution in [1.82, 2.24) is 14.8 Å². The van der Waals surface area contributed by atoms with E-state index in [1.165, 1.54) is 12.8 Å². The van der Waals surface area contributed by atoms with Crippen LogP contribution in [0.25, 0.3) is 0 Å². The number of nitrogens with zero attached hydrogens (tertiary/aromatic N) is 2. The van der Waals surface area contributed by atoms with Crippen LogP contribution < -0.4 is 0 Å². The zero-order chi connectivity index (χ0) is 11.4. The van der Waals surface area contributed by atoms with E-state index < -0.39 is 0 Å². The molecular weight excluding hydrogens is 222 g/mol. The lowest BCUT2D eigenvalue weighted by Crippen LogP contribution is -2.25. The third-order valence-electron chi connectivity index (χ3n) is 2.97. The fourth-order valence-corrected chi connectivity index (χ4v) is 2.33. The van der Waals surface area contributed by atoms with Crippen LogP contribution in [0.3, 0.4) is 0 Å². The van der Waals surface area contributed by atoms with Gasteiger partial charge in [0.25, 0.3) is 0 Å². The molecule has 2 heterocycles. The summed E-state index contributed by atoms with van der Waals surface area (Å²) in [5.41, 5.74) is 0. The topological polar surface area (TPSA) is 42.8 Å². The number of ether oxygens (including phenoxy) is 1. The Balaban J connectivity index is 2.06. The Morgan fingerprint density at radius 1 is 1.56 bits per heavy atom. The molecule has 5 heteroatoms. The molecule has 90 valence electrons. The second-order valence-corrected chi connectivity index (χ2v) is 4.68. The van der Waals surface area contributed by atoms with E-state index >= 15 is 0 Å². The zero-order valence-electron chi connectivity index (χ0n) is 9.74. The second kappa shape index (κ2) is 5.59. The van der Waals surface area contributed by atoms with Crippen LogP contribution in [0.15, 0.2) is 0 Å². The molecule has 1 aliphatic heterocycles. The van der Waals surface area contributed by atoms with Crippen LogP contribution in [-0.4, -0.2) is 27.5 Å². The van der Waals surface area contributed by atoms with Gasteiger partial charge in [0.2, 0.25) is 0 Å². The molecule has 1 saturated heterocycles. The number of hydrogen-bond donors (Lipinski definition) is 1. The Morgan fingerprint density at radius 2 is 2.44 bits per heavy atom. The molecule has 1 N–H and O–H groups in total. The Labute approximate surface area is 101 Å². The first-order valence-corrected chi connectivity index (χ1v) is 6.47. The van der Waals surface area contributed by atoms with Crippen LogP contribution in [0.2, 0.25) is 0 Å². The summed E-state index contributed by atoms with van der Waals surface area (Å²) >= 11 is 5.24. The lowest BCUT2D eigenvalue weighted by molar-refractivity contribution is 0.00527. The van der Waals surface area contributed by atoms with Gasteiger partial charge in [0.1, 0.15) is 5.82 Å². The average Bonchev–Trinajstić information content (AvgIpc) is 2.64. The number of hydrogen-bond acceptors (Lipinski definition) is 3. The van der Waals surface area contributed by atoms with Crippen LogP contribution in [0.5, 0.6) is 0 Å². The molecule has 0 radical (unpaired) electrons. The highest BCUT2D eigenvalue weighted by atomic mass is 32.1. The van der Waals surface area contributed by atoms with Crippen LogP contribution in [0.4, 0.5) is 0 Å². The van der Waals surface area contributed by atoms with Gasteiger partial charge in [-0.3, -0.25) is 5.10 Å². The van der Waals surface area contributed by atoms with E-state index in [2.05, 4.69) is 21.7 Å². The Morgan fingerprint density at radius 3 is 3.12 bits per heavy atom. The minimum Gasteiger partial charge on any atom is -0.376 e. The van der Waals surface area contributed by atoms with E-state index in [0.717, 1.165) is 43.0 Å². The molecule has 1 unspecified atom stereocenters. The van der Waals surface area contributed by atoms with E-state index in [1.54, 1.807) is 0 Å². The van der Waals surface area contributed by atoms with Crippen molar-refractivity contribution in [1.29, 1.82) is 0 Å². The molecule has 1 aliphatic rings. The minimum absolute atomic E-state index is 0.314. The fraction of sp³-hybridized carbons (Fsp3) is 0.818. The second-order valence-electron chi connectivity index (χ2n) is 4.29. The van der Waals surface area contributed by atoms with E-state index in [0.29, 0.717) is 6.10 Å². The smallest absolute Gasteiger partial charge is 0.195 e. The maximum absolute atomic E-state index is 5.73. The zero-order valence-corrected chi connectivity index (χ0v) is 10.6. The van der Waals surface area contributed by atoms with Gasteiger partial charge in [-0.05, 0) is 37.9 Å². The fourth-order valence-electron chi connectivity index (χ4n) is 2.11. The summed E-state index contributed by atoms with van der Waals surface area (Å²) in [7, 11) is 0. The number of nitrogens with one attached hydrogen (secondary N) is 1. The SMILES string of the molecule is CCCc1n[nH]c(=S)n1CC1CCCCO1. The summed E-state index contributed by atoms with van der Waals surface area (Å²) in [6.45, 7) is 3.89. The third-order valence-corrected chi connectivity index (χ3v) is 3.28. The Kier molecular flexibility index (Phi) is 4.12. The van der Waals surface area contributed by atoms with Gasteiger partial charge in [-0.2, -0.15) is 5.10 Å². The van der Waals surface area contributed by atoms with Gasteiger partial charge in [-0.1, -0.05) is 6.92 Å². The third kappa shape index (κ3) is 2.71. The molecule has 1 aromatic rings. The number of rotatable bonds is 4. The van der Waals surface area contributed by atoms with Crippen molar-refractivity contribution in [3.63, 3.8) is 0 Å². The predicted molar refractivity (Wildman–Crippen MR) is 65.0 cm³/mol. The van der Waals surface area contributed by atoms with Gasteiger partial charge in [0, 0.05) is 13.0 Å². The highest BCUT2D eigenvalue weighted by Crippen LogP contribution is 2.15. The van der Waals surface area contributed by atoms with E-state index in [1.807, 2.05) is 0 Å². The molecule has 1 atom stereocenters. The first-order valence-electron chi connectivity index (χ1n) is 6.07. The van der Waals surface area contributed by atoms with Gasteiger partial charge < -0.3 is 9.30 Å².